The van der Waals surface area contributed by atoms with E-state index in [0.29, 0.717) is 6.04 Å². The number of nitrogens with one attached hydrogen (secondary N) is 1. The Labute approximate surface area is 112 Å². The van der Waals surface area contributed by atoms with Crippen molar-refractivity contribution < 1.29 is 9.84 Å². The Morgan fingerprint density at radius 1 is 1.42 bits per heavy atom. The molecule has 0 spiro atoms. The van der Waals surface area contributed by atoms with Crippen LogP contribution in [0.1, 0.15) is 24.7 Å². The average molecular weight is 261 g/mol. The van der Waals surface area contributed by atoms with Gasteiger partial charge in [-0.2, -0.15) is 0 Å². The summed E-state index contributed by atoms with van der Waals surface area (Å²) in [5.74, 6) is 1.55. The second kappa shape index (κ2) is 5.19. The lowest BCUT2D eigenvalue weighted by Gasteiger charge is -2.26. The maximum atomic E-state index is 9.57. The lowest BCUT2D eigenvalue weighted by atomic mass is 10.1. The number of hydrogen-bond acceptors (Lipinski definition) is 4. The Balaban J connectivity index is 2.18. The van der Waals surface area contributed by atoms with Gasteiger partial charge in [0, 0.05) is 6.04 Å². The maximum Gasteiger partial charge on any atom is 0.144 e. The number of para-hydroxylation sites is 1. The Hall–Kier alpha value is -1.59. The van der Waals surface area contributed by atoms with Gasteiger partial charge in [-0.1, -0.05) is 6.07 Å². The molecule has 102 valence electrons. The number of fused-ring (bicyclic) bond motifs is 1. The van der Waals surface area contributed by atoms with E-state index in [4.69, 9.17) is 4.74 Å². The number of methoxy groups -OCH3 is 1. The molecule has 1 aliphatic heterocycles. The summed E-state index contributed by atoms with van der Waals surface area (Å²) in [7, 11) is 1.67. The number of hydrogen-bond donors (Lipinski definition) is 2. The molecule has 1 aliphatic rings. The maximum absolute atomic E-state index is 9.57. The summed E-state index contributed by atoms with van der Waals surface area (Å²) in [5.41, 5.74) is 1.89. The van der Waals surface area contributed by atoms with Crippen LogP contribution in [0.25, 0.3) is 11.0 Å². The van der Waals surface area contributed by atoms with Crippen molar-refractivity contribution in [3.8, 4) is 5.75 Å². The molecule has 1 aromatic heterocycles. The minimum Gasteiger partial charge on any atom is -0.494 e. The molecule has 5 nitrogen and oxygen atoms in total. The monoisotopic (exact) mass is 261 g/mol. The molecule has 0 saturated carbocycles. The third-order valence-electron chi connectivity index (χ3n) is 3.78. The zero-order chi connectivity index (χ0) is 13.2. The van der Waals surface area contributed by atoms with Crippen molar-refractivity contribution in [2.45, 2.75) is 25.5 Å². The van der Waals surface area contributed by atoms with Gasteiger partial charge >= 0.3 is 0 Å². The number of aliphatic hydroxyl groups is 1. The van der Waals surface area contributed by atoms with Crippen LogP contribution in [0.4, 0.5) is 0 Å². The van der Waals surface area contributed by atoms with E-state index < -0.39 is 0 Å². The highest BCUT2D eigenvalue weighted by Gasteiger charge is 2.22. The van der Waals surface area contributed by atoms with Gasteiger partial charge in [-0.05, 0) is 38.1 Å². The summed E-state index contributed by atoms with van der Waals surface area (Å²) in [6.07, 6.45) is 2.10. The van der Waals surface area contributed by atoms with E-state index in [2.05, 4.69) is 14.9 Å². The number of benzene rings is 1. The highest BCUT2D eigenvalue weighted by atomic mass is 16.5. The number of rotatable bonds is 3. The molecule has 5 heteroatoms. The first-order chi connectivity index (χ1) is 9.35. The van der Waals surface area contributed by atoms with Gasteiger partial charge in [0.2, 0.25) is 0 Å². The average Bonchev–Trinajstić information content (AvgIpc) is 2.86. The van der Waals surface area contributed by atoms with E-state index in [1.807, 2.05) is 18.2 Å². The molecular formula is C14H19N3O2. The van der Waals surface area contributed by atoms with E-state index in [0.717, 1.165) is 48.5 Å². The SMILES string of the molecule is COc1cccc2nc(CO)n(C3CCNCC3)c12. The Bertz CT molecular complexity index is 573. The second-order valence-corrected chi connectivity index (χ2v) is 4.87. The van der Waals surface area contributed by atoms with Gasteiger partial charge in [0.1, 0.15) is 23.7 Å². The minimum absolute atomic E-state index is 0.0399. The molecule has 1 aromatic carbocycles. The van der Waals surface area contributed by atoms with Crippen molar-refractivity contribution in [3.05, 3.63) is 24.0 Å². The predicted octanol–water partition coefficient (Wildman–Crippen LogP) is 1.46. The molecule has 1 fully saturated rings. The first-order valence-corrected chi connectivity index (χ1v) is 6.70. The quantitative estimate of drug-likeness (QED) is 0.878. The molecule has 0 atom stereocenters. The molecule has 19 heavy (non-hydrogen) atoms. The van der Waals surface area contributed by atoms with E-state index in [1.165, 1.54) is 0 Å². The fraction of sp³-hybridized carbons (Fsp3) is 0.500. The molecule has 0 bridgehead atoms. The number of imidazole rings is 1. The predicted molar refractivity (Wildman–Crippen MR) is 73.3 cm³/mol. The number of piperidine rings is 1. The number of nitrogens with zero attached hydrogens (tertiary/aromatic N) is 2. The fourth-order valence-corrected chi connectivity index (χ4v) is 2.90. The third kappa shape index (κ3) is 2.09. The molecule has 0 radical (unpaired) electrons. The van der Waals surface area contributed by atoms with Gasteiger partial charge in [-0.25, -0.2) is 4.98 Å². The summed E-state index contributed by atoms with van der Waals surface area (Å²) >= 11 is 0. The Morgan fingerprint density at radius 2 is 2.21 bits per heavy atom. The van der Waals surface area contributed by atoms with Crippen molar-refractivity contribution in [2.75, 3.05) is 20.2 Å². The molecule has 3 rings (SSSR count). The summed E-state index contributed by atoms with van der Waals surface area (Å²) in [6, 6.07) is 6.23. The number of aromatic nitrogens is 2. The summed E-state index contributed by atoms with van der Waals surface area (Å²) < 4.78 is 7.62. The van der Waals surface area contributed by atoms with Crippen LogP contribution < -0.4 is 10.1 Å². The molecule has 2 heterocycles. The van der Waals surface area contributed by atoms with Crippen molar-refractivity contribution in [2.24, 2.45) is 0 Å². The molecule has 2 N–H and O–H groups in total. The van der Waals surface area contributed by atoms with Gasteiger partial charge < -0.3 is 19.7 Å². The molecule has 1 saturated heterocycles. The topological polar surface area (TPSA) is 59.3 Å². The molecule has 0 amide bonds. The van der Waals surface area contributed by atoms with E-state index in [9.17, 15) is 5.11 Å². The van der Waals surface area contributed by atoms with Crippen molar-refractivity contribution in [3.63, 3.8) is 0 Å². The second-order valence-electron chi connectivity index (χ2n) is 4.87. The van der Waals surface area contributed by atoms with Crippen LogP contribution in [0, 0.1) is 0 Å². The van der Waals surface area contributed by atoms with Crippen LogP contribution in [-0.4, -0.2) is 34.9 Å². The smallest absolute Gasteiger partial charge is 0.144 e. The molecule has 2 aromatic rings. The number of ether oxygens (including phenoxy) is 1. The summed E-state index contributed by atoms with van der Waals surface area (Å²) in [5, 5.41) is 12.9. The van der Waals surface area contributed by atoms with Gasteiger partial charge in [0.15, 0.2) is 0 Å². The van der Waals surface area contributed by atoms with E-state index in [1.54, 1.807) is 7.11 Å². The van der Waals surface area contributed by atoms with Crippen LogP contribution in [0.2, 0.25) is 0 Å². The lowest BCUT2D eigenvalue weighted by Crippen LogP contribution is -2.30. The van der Waals surface area contributed by atoms with Crippen LogP contribution in [0.3, 0.4) is 0 Å². The summed E-state index contributed by atoms with van der Waals surface area (Å²) in [6.45, 7) is 1.97. The van der Waals surface area contributed by atoms with Crippen LogP contribution in [0.15, 0.2) is 18.2 Å². The molecule has 0 aliphatic carbocycles. The first-order valence-electron chi connectivity index (χ1n) is 6.70. The van der Waals surface area contributed by atoms with Crippen LogP contribution >= 0.6 is 0 Å². The normalized spacial score (nSPS) is 16.9. The highest BCUT2D eigenvalue weighted by molar-refractivity contribution is 5.83. The number of aliphatic hydroxyl groups excluding tert-OH is 1. The van der Waals surface area contributed by atoms with Crippen LogP contribution in [0.5, 0.6) is 5.75 Å². The molecule has 0 unspecified atom stereocenters. The Morgan fingerprint density at radius 3 is 2.89 bits per heavy atom. The first kappa shape index (κ1) is 12.4. The van der Waals surface area contributed by atoms with Gasteiger partial charge in [0.25, 0.3) is 0 Å². The van der Waals surface area contributed by atoms with Gasteiger partial charge in [-0.15, -0.1) is 0 Å². The van der Waals surface area contributed by atoms with Gasteiger partial charge in [-0.3, -0.25) is 0 Å². The highest BCUT2D eigenvalue weighted by Crippen LogP contribution is 2.32. The zero-order valence-electron chi connectivity index (χ0n) is 11.1. The lowest BCUT2D eigenvalue weighted by molar-refractivity contribution is 0.254. The van der Waals surface area contributed by atoms with E-state index >= 15 is 0 Å². The standard InChI is InChI=1S/C14H19N3O2/c1-19-12-4-2-3-11-14(12)17(13(9-18)16-11)10-5-7-15-8-6-10/h2-4,10,15,18H,5-9H2,1H3. The Kier molecular flexibility index (Phi) is 3.40. The summed E-state index contributed by atoms with van der Waals surface area (Å²) in [4.78, 5) is 4.53. The van der Waals surface area contributed by atoms with Crippen molar-refractivity contribution in [1.82, 2.24) is 14.9 Å². The van der Waals surface area contributed by atoms with Gasteiger partial charge in [0.05, 0.1) is 12.6 Å². The van der Waals surface area contributed by atoms with Crippen molar-refractivity contribution >= 4 is 11.0 Å². The molecular weight excluding hydrogens is 242 g/mol. The van der Waals surface area contributed by atoms with E-state index in [-0.39, 0.29) is 6.61 Å². The largest absolute Gasteiger partial charge is 0.494 e. The zero-order valence-corrected chi connectivity index (χ0v) is 11.1. The fourth-order valence-electron chi connectivity index (χ4n) is 2.90. The minimum atomic E-state index is -0.0399. The van der Waals surface area contributed by atoms with Crippen LogP contribution in [-0.2, 0) is 6.61 Å². The third-order valence-corrected chi connectivity index (χ3v) is 3.78. The van der Waals surface area contributed by atoms with Crippen molar-refractivity contribution in [1.29, 1.82) is 0 Å².